The number of hydrogen-bond donors (Lipinski definition) is 2. The van der Waals surface area contributed by atoms with Crippen molar-refractivity contribution in [2.45, 2.75) is 26.3 Å². The highest BCUT2D eigenvalue weighted by molar-refractivity contribution is 6.05. The Hall–Kier alpha value is -3.35. The lowest BCUT2D eigenvalue weighted by molar-refractivity contribution is 0.432. The van der Waals surface area contributed by atoms with Gasteiger partial charge in [0, 0.05) is 30.8 Å². The summed E-state index contributed by atoms with van der Waals surface area (Å²) in [4.78, 5) is 17.1. The molecular formula is C20H20N4O3. The van der Waals surface area contributed by atoms with E-state index in [9.17, 15) is 9.90 Å². The summed E-state index contributed by atoms with van der Waals surface area (Å²) in [7, 11) is 1.89. The number of para-hydroxylation sites is 2. The van der Waals surface area contributed by atoms with Crippen LogP contribution < -0.4 is 10.9 Å². The molecule has 27 heavy (non-hydrogen) atoms. The minimum absolute atomic E-state index is 0.102. The number of benzene rings is 1. The maximum atomic E-state index is 12.5. The van der Waals surface area contributed by atoms with Gasteiger partial charge in [0.2, 0.25) is 0 Å². The van der Waals surface area contributed by atoms with Crippen LogP contribution in [0.15, 0.2) is 50.7 Å². The largest absolute Gasteiger partial charge is 0.507 e. The Labute approximate surface area is 156 Å². The van der Waals surface area contributed by atoms with Crippen molar-refractivity contribution in [1.82, 2.24) is 9.78 Å². The third-order valence-corrected chi connectivity index (χ3v) is 4.88. The molecule has 0 radical (unpaired) electrons. The Morgan fingerprint density at radius 2 is 2.07 bits per heavy atom. The standard InChI is InChI=1S/C20H20N4O3/c1-11-8-18(25)19(20(26)27-11)17-9-16(13-10-21-24(3)12(13)2)22-14-6-4-5-7-15(14)23-17/h4-8,10,16,22,25H,9H2,1-3H3/t16-/m0/s1. The predicted octanol–water partition coefficient (Wildman–Crippen LogP) is 3.37. The number of aryl methyl sites for hydroxylation is 2. The summed E-state index contributed by atoms with van der Waals surface area (Å²) in [5.41, 5.74) is 3.59. The fourth-order valence-corrected chi connectivity index (χ4v) is 3.38. The van der Waals surface area contributed by atoms with Gasteiger partial charge < -0.3 is 14.8 Å². The van der Waals surface area contributed by atoms with E-state index in [-0.39, 0.29) is 17.4 Å². The Morgan fingerprint density at radius 3 is 2.78 bits per heavy atom. The van der Waals surface area contributed by atoms with Crippen molar-refractivity contribution in [1.29, 1.82) is 0 Å². The van der Waals surface area contributed by atoms with E-state index in [1.165, 1.54) is 6.07 Å². The first-order valence-electron chi connectivity index (χ1n) is 8.69. The van der Waals surface area contributed by atoms with E-state index >= 15 is 0 Å². The van der Waals surface area contributed by atoms with Crippen LogP contribution >= 0.6 is 0 Å². The van der Waals surface area contributed by atoms with Gasteiger partial charge in [-0.2, -0.15) is 5.10 Å². The molecule has 0 unspecified atom stereocenters. The van der Waals surface area contributed by atoms with Crippen LogP contribution in [0.4, 0.5) is 11.4 Å². The van der Waals surface area contributed by atoms with Gasteiger partial charge in [0.25, 0.3) is 0 Å². The smallest absolute Gasteiger partial charge is 0.348 e. The minimum Gasteiger partial charge on any atom is -0.507 e. The van der Waals surface area contributed by atoms with Gasteiger partial charge in [0.15, 0.2) is 0 Å². The van der Waals surface area contributed by atoms with Crippen LogP contribution in [0.1, 0.15) is 35.0 Å². The number of aromatic hydroxyl groups is 1. The van der Waals surface area contributed by atoms with E-state index in [4.69, 9.17) is 4.42 Å². The average Bonchev–Trinajstić information content (AvgIpc) is 2.84. The van der Waals surface area contributed by atoms with E-state index in [1.54, 1.807) is 6.92 Å². The minimum atomic E-state index is -0.590. The molecule has 2 N–H and O–H groups in total. The summed E-state index contributed by atoms with van der Waals surface area (Å²) >= 11 is 0. The molecule has 0 spiro atoms. The molecule has 3 aromatic rings. The van der Waals surface area contributed by atoms with Crippen LogP contribution in [0, 0.1) is 13.8 Å². The van der Waals surface area contributed by atoms with Crippen molar-refractivity contribution in [2.24, 2.45) is 12.0 Å². The molecule has 7 nitrogen and oxygen atoms in total. The SMILES string of the molecule is Cc1cc(O)c(C2=Nc3ccccc3N[C@H](c3cnn(C)c3C)C2)c(=O)o1. The first-order valence-corrected chi connectivity index (χ1v) is 8.69. The number of hydrogen-bond acceptors (Lipinski definition) is 6. The fraction of sp³-hybridized carbons (Fsp3) is 0.250. The lowest BCUT2D eigenvalue weighted by atomic mass is 9.98. The Kier molecular flexibility index (Phi) is 4.07. The van der Waals surface area contributed by atoms with Crippen molar-refractivity contribution in [3.05, 3.63) is 69.5 Å². The zero-order chi connectivity index (χ0) is 19.1. The molecular weight excluding hydrogens is 344 g/mol. The first kappa shape index (κ1) is 17.1. The van der Waals surface area contributed by atoms with Gasteiger partial charge in [-0.1, -0.05) is 12.1 Å². The van der Waals surface area contributed by atoms with Crippen LogP contribution in [-0.4, -0.2) is 20.6 Å². The molecule has 1 aromatic carbocycles. The van der Waals surface area contributed by atoms with Gasteiger partial charge in [-0.3, -0.25) is 9.67 Å². The summed E-state index contributed by atoms with van der Waals surface area (Å²) in [6.07, 6.45) is 2.22. The number of anilines is 1. The maximum absolute atomic E-state index is 12.5. The van der Waals surface area contributed by atoms with Gasteiger partial charge in [-0.25, -0.2) is 4.79 Å². The molecule has 0 fully saturated rings. The number of nitrogens with one attached hydrogen (secondary N) is 1. The second-order valence-electron chi connectivity index (χ2n) is 6.69. The summed E-state index contributed by atoms with van der Waals surface area (Å²) in [6.45, 7) is 3.62. The Balaban J connectivity index is 1.89. The normalized spacial score (nSPS) is 16.3. The van der Waals surface area contributed by atoms with Gasteiger partial charge in [-0.05, 0) is 26.0 Å². The number of fused-ring (bicyclic) bond motifs is 1. The average molecular weight is 364 g/mol. The Morgan fingerprint density at radius 1 is 1.30 bits per heavy atom. The summed E-state index contributed by atoms with van der Waals surface area (Å²) < 4.78 is 7.01. The predicted molar refractivity (Wildman–Crippen MR) is 103 cm³/mol. The van der Waals surface area contributed by atoms with E-state index in [2.05, 4.69) is 15.4 Å². The fourth-order valence-electron chi connectivity index (χ4n) is 3.38. The monoisotopic (exact) mass is 364 g/mol. The topological polar surface area (TPSA) is 92.7 Å². The van der Waals surface area contributed by atoms with E-state index in [0.29, 0.717) is 23.6 Å². The van der Waals surface area contributed by atoms with Crippen molar-refractivity contribution in [2.75, 3.05) is 5.32 Å². The highest BCUT2D eigenvalue weighted by atomic mass is 16.4. The quantitative estimate of drug-likeness (QED) is 0.727. The highest BCUT2D eigenvalue weighted by Crippen LogP contribution is 2.36. The van der Waals surface area contributed by atoms with Crippen LogP contribution in [0.5, 0.6) is 5.75 Å². The molecule has 0 aliphatic carbocycles. The molecule has 1 aliphatic rings. The molecule has 1 aliphatic heterocycles. The molecule has 0 saturated heterocycles. The van der Waals surface area contributed by atoms with Gasteiger partial charge in [0.05, 0.1) is 29.3 Å². The van der Waals surface area contributed by atoms with Crippen LogP contribution in [0.25, 0.3) is 0 Å². The number of rotatable bonds is 2. The third kappa shape index (κ3) is 3.01. The molecule has 3 heterocycles. The van der Waals surface area contributed by atoms with Gasteiger partial charge >= 0.3 is 5.63 Å². The van der Waals surface area contributed by atoms with E-state index in [0.717, 1.165) is 16.9 Å². The molecule has 0 bridgehead atoms. The molecule has 0 saturated carbocycles. The lowest BCUT2D eigenvalue weighted by Crippen LogP contribution is -2.20. The maximum Gasteiger partial charge on any atom is 0.348 e. The van der Waals surface area contributed by atoms with E-state index in [1.807, 2.05) is 49.1 Å². The van der Waals surface area contributed by atoms with Gasteiger partial charge in [0.1, 0.15) is 17.1 Å². The van der Waals surface area contributed by atoms with Crippen molar-refractivity contribution in [3.63, 3.8) is 0 Å². The second kappa shape index (κ2) is 6.42. The molecule has 138 valence electrons. The molecule has 2 aromatic heterocycles. The van der Waals surface area contributed by atoms with Crippen LogP contribution in [0.3, 0.4) is 0 Å². The van der Waals surface area contributed by atoms with Crippen LogP contribution in [0.2, 0.25) is 0 Å². The second-order valence-corrected chi connectivity index (χ2v) is 6.69. The molecule has 7 heteroatoms. The van der Waals surface area contributed by atoms with Crippen LogP contribution in [-0.2, 0) is 7.05 Å². The van der Waals surface area contributed by atoms with Crippen molar-refractivity contribution >= 4 is 17.1 Å². The number of nitrogens with zero attached hydrogens (tertiary/aromatic N) is 3. The lowest BCUT2D eigenvalue weighted by Gasteiger charge is -2.18. The molecule has 4 rings (SSSR count). The zero-order valence-corrected chi connectivity index (χ0v) is 15.4. The summed E-state index contributed by atoms with van der Waals surface area (Å²) in [5.74, 6) is 0.234. The van der Waals surface area contributed by atoms with Gasteiger partial charge in [-0.15, -0.1) is 0 Å². The molecule has 1 atom stereocenters. The zero-order valence-electron chi connectivity index (χ0n) is 15.4. The number of aliphatic imine (C=N–C) groups is 1. The summed E-state index contributed by atoms with van der Waals surface area (Å²) in [5, 5.41) is 18.2. The first-order chi connectivity index (χ1) is 12.9. The van der Waals surface area contributed by atoms with Crippen molar-refractivity contribution < 1.29 is 9.52 Å². The Bertz CT molecular complexity index is 1110. The number of aromatic nitrogens is 2. The highest BCUT2D eigenvalue weighted by Gasteiger charge is 2.27. The third-order valence-electron chi connectivity index (χ3n) is 4.88. The molecule has 0 amide bonds. The van der Waals surface area contributed by atoms with Crippen molar-refractivity contribution in [3.8, 4) is 5.75 Å². The summed E-state index contributed by atoms with van der Waals surface area (Å²) in [6, 6.07) is 8.91. The van der Waals surface area contributed by atoms with E-state index < -0.39 is 5.63 Å².